The van der Waals surface area contributed by atoms with E-state index in [1.54, 1.807) is 24.3 Å². The summed E-state index contributed by atoms with van der Waals surface area (Å²) in [6.45, 7) is 4.38. The summed E-state index contributed by atoms with van der Waals surface area (Å²) in [4.78, 5) is 26.3. The number of nitrogens with one attached hydrogen (secondary N) is 1. The Hall–Kier alpha value is -2.14. The van der Waals surface area contributed by atoms with Crippen LogP contribution >= 0.6 is 15.9 Å². The molecule has 124 valence electrons. The molecule has 1 N–H and O–H groups in total. The largest absolute Gasteiger partial charge is 0.326 e. The van der Waals surface area contributed by atoms with Crippen molar-refractivity contribution in [3.63, 3.8) is 0 Å². The Labute approximate surface area is 150 Å². The first-order chi connectivity index (χ1) is 11.5. The average Bonchev–Trinajstić information content (AvgIpc) is 2.97. The van der Waals surface area contributed by atoms with Gasteiger partial charge in [-0.15, -0.1) is 0 Å². The van der Waals surface area contributed by atoms with E-state index in [-0.39, 0.29) is 17.7 Å². The van der Waals surface area contributed by atoms with E-state index in [4.69, 9.17) is 0 Å². The van der Waals surface area contributed by atoms with Crippen molar-refractivity contribution in [2.75, 3.05) is 16.8 Å². The number of amides is 2. The van der Waals surface area contributed by atoms with Gasteiger partial charge in [0.2, 0.25) is 5.91 Å². The molecule has 0 bridgehead atoms. The predicted molar refractivity (Wildman–Crippen MR) is 99.4 cm³/mol. The fraction of sp³-hybridized carbons (Fsp3) is 0.263. The lowest BCUT2D eigenvalue weighted by Crippen LogP contribution is -2.28. The maximum absolute atomic E-state index is 12.8. The maximum atomic E-state index is 12.8. The van der Waals surface area contributed by atoms with Crippen LogP contribution in [0.5, 0.6) is 0 Å². The van der Waals surface area contributed by atoms with E-state index in [2.05, 4.69) is 27.3 Å². The van der Waals surface area contributed by atoms with E-state index in [0.717, 1.165) is 16.6 Å². The Bertz CT molecular complexity index is 784. The molecule has 1 aliphatic heterocycles. The highest BCUT2D eigenvalue weighted by atomic mass is 79.9. The normalized spacial score (nSPS) is 13.1. The van der Waals surface area contributed by atoms with Crippen molar-refractivity contribution in [1.82, 2.24) is 0 Å². The molecule has 0 radical (unpaired) electrons. The molecule has 1 heterocycles. The number of nitrogens with zero attached hydrogens (tertiary/aromatic N) is 1. The molecule has 2 aromatic rings. The van der Waals surface area contributed by atoms with Gasteiger partial charge in [0.15, 0.2) is 0 Å². The zero-order chi connectivity index (χ0) is 17.3. The van der Waals surface area contributed by atoms with Gasteiger partial charge in [-0.25, -0.2) is 0 Å². The van der Waals surface area contributed by atoms with E-state index in [9.17, 15) is 9.59 Å². The number of anilines is 2. The minimum atomic E-state index is -0.0771. The molecule has 0 atom stereocenters. The summed E-state index contributed by atoms with van der Waals surface area (Å²) < 4.78 is 1.03. The summed E-state index contributed by atoms with van der Waals surface area (Å²) in [5.74, 6) is -0.127. The van der Waals surface area contributed by atoms with Gasteiger partial charge < -0.3 is 10.2 Å². The van der Waals surface area contributed by atoms with Gasteiger partial charge in [0.1, 0.15) is 0 Å². The first-order valence-electron chi connectivity index (χ1n) is 7.97. The van der Waals surface area contributed by atoms with E-state index >= 15 is 0 Å². The third-order valence-corrected chi connectivity index (χ3v) is 4.60. The summed E-state index contributed by atoms with van der Waals surface area (Å²) in [6, 6.07) is 13.0. The van der Waals surface area contributed by atoms with Gasteiger partial charge in [0.25, 0.3) is 5.91 Å². The Balaban J connectivity index is 1.76. The van der Waals surface area contributed by atoms with Crippen LogP contribution in [0.15, 0.2) is 46.9 Å². The highest BCUT2D eigenvalue weighted by Crippen LogP contribution is 2.31. The fourth-order valence-corrected chi connectivity index (χ4v) is 3.13. The molecule has 3 rings (SSSR count). The molecule has 2 amide bonds. The molecule has 5 heteroatoms. The first kappa shape index (κ1) is 16.7. The molecule has 0 spiro atoms. The van der Waals surface area contributed by atoms with Crippen molar-refractivity contribution in [2.45, 2.75) is 20.3 Å². The number of hydrogen-bond acceptors (Lipinski definition) is 2. The van der Waals surface area contributed by atoms with Crippen molar-refractivity contribution in [3.8, 4) is 0 Å². The molecule has 0 unspecified atom stereocenters. The second kappa shape index (κ2) is 6.77. The minimum absolute atomic E-state index is 0.0159. The zero-order valence-corrected chi connectivity index (χ0v) is 15.3. The zero-order valence-electron chi connectivity index (χ0n) is 13.7. The van der Waals surface area contributed by atoms with Gasteiger partial charge in [-0.3, -0.25) is 9.59 Å². The van der Waals surface area contributed by atoms with Crippen molar-refractivity contribution in [1.29, 1.82) is 0 Å². The molecule has 0 aliphatic carbocycles. The smallest absolute Gasteiger partial charge is 0.258 e. The van der Waals surface area contributed by atoms with Crippen molar-refractivity contribution in [2.24, 2.45) is 5.92 Å². The maximum Gasteiger partial charge on any atom is 0.258 e. The van der Waals surface area contributed by atoms with Crippen LogP contribution in [0.3, 0.4) is 0 Å². The molecule has 0 saturated heterocycles. The third-order valence-electron chi connectivity index (χ3n) is 4.11. The lowest BCUT2D eigenvalue weighted by molar-refractivity contribution is -0.118. The van der Waals surface area contributed by atoms with Gasteiger partial charge in [0.05, 0.1) is 0 Å². The van der Waals surface area contributed by atoms with Crippen molar-refractivity contribution >= 4 is 39.1 Å². The lowest BCUT2D eigenvalue weighted by atomic mass is 10.1. The van der Waals surface area contributed by atoms with Crippen LogP contribution in [0.25, 0.3) is 0 Å². The Morgan fingerprint density at radius 2 is 1.83 bits per heavy atom. The monoisotopic (exact) mass is 386 g/mol. The van der Waals surface area contributed by atoms with Crippen LogP contribution < -0.4 is 10.2 Å². The number of fused-ring (bicyclic) bond motifs is 1. The topological polar surface area (TPSA) is 49.4 Å². The average molecular weight is 387 g/mol. The van der Waals surface area contributed by atoms with E-state index in [1.807, 2.05) is 30.9 Å². The molecule has 1 aliphatic rings. The number of halogens is 1. The molecule has 0 fully saturated rings. The van der Waals surface area contributed by atoms with Gasteiger partial charge in [-0.05, 0) is 54.4 Å². The van der Waals surface area contributed by atoms with Gasteiger partial charge in [-0.1, -0.05) is 29.8 Å². The van der Waals surface area contributed by atoms with Crippen LogP contribution in [-0.4, -0.2) is 18.4 Å². The van der Waals surface area contributed by atoms with E-state index in [1.165, 1.54) is 5.56 Å². The number of rotatable bonds is 3. The van der Waals surface area contributed by atoms with Crippen LogP contribution in [0.4, 0.5) is 11.4 Å². The quantitative estimate of drug-likeness (QED) is 0.856. The van der Waals surface area contributed by atoms with Crippen LogP contribution in [0, 0.1) is 5.92 Å². The highest BCUT2D eigenvalue weighted by molar-refractivity contribution is 9.10. The Morgan fingerprint density at radius 3 is 2.50 bits per heavy atom. The van der Waals surface area contributed by atoms with Crippen LogP contribution in [-0.2, 0) is 11.2 Å². The van der Waals surface area contributed by atoms with Crippen LogP contribution in [0.2, 0.25) is 0 Å². The molecular weight excluding hydrogens is 368 g/mol. The Kier molecular flexibility index (Phi) is 4.71. The molecule has 2 aromatic carbocycles. The van der Waals surface area contributed by atoms with Crippen molar-refractivity contribution < 1.29 is 9.59 Å². The standard InChI is InChI=1S/C19H19BrN2O2/c1-12(2)18(23)21-16-6-3-13(4-7-16)19(24)22-10-9-14-11-15(20)5-8-17(14)22/h3-8,11-12H,9-10H2,1-2H3,(H,21,23). The summed E-state index contributed by atoms with van der Waals surface area (Å²) >= 11 is 3.47. The van der Waals surface area contributed by atoms with Crippen LogP contribution in [0.1, 0.15) is 29.8 Å². The number of benzene rings is 2. The van der Waals surface area contributed by atoms with Gasteiger partial charge in [0, 0.05) is 33.9 Å². The van der Waals surface area contributed by atoms with Gasteiger partial charge >= 0.3 is 0 Å². The summed E-state index contributed by atoms with van der Waals surface area (Å²) in [6.07, 6.45) is 0.864. The van der Waals surface area contributed by atoms with E-state index in [0.29, 0.717) is 17.8 Å². The number of carbonyl (C=O) groups excluding carboxylic acids is 2. The summed E-state index contributed by atoms with van der Waals surface area (Å²) in [7, 11) is 0. The molecule has 0 saturated carbocycles. The van der Waals surface area contributed by atoms with Gasteiger partial charge in [-0.2, -0.15) is 0 Å². The third kappa shape index (κ3) is 3.36. The molecule has 0 aromatic heterocycles. The highest BCUT2D eigenvalue weighted by Gasteiger charge is 2.25. The molecule has 24 heavy (non-hydrogen) atoms. The second-order valence-corrected chi connectivity index (χ2v) is 7.12. The van der Waals surface area contributed by atoms with E-state index < -0.39 is 0 Å². The minimum Gasteiger partial charge on any atom is -0.326 e. The molecular formula is C19H19BrN2O2. The summed E-state index contributed by atoms with van der Waals surface area (Å²) in [5.41, 5.74) is 3.48. The molecule has 4 nitrogen and oxygen atoms in total. The predicted octanol–water partition coefficient (Wildman–Crippen LogP) is 4.25. The fourth-order valence-electron chi connectivity index (χ4n) is 2.72. The number of hydrogen-bond donors (Lipinski definition) is 1. The van der Waals surface area contributed by atoms with Crippen molar-refractivity contribution in [3.05, 3.63) is 58.1 Å². The second-order valence-electron chi connectivity index (χ2n) is 6.20. The summed E-state index contributed by atoms with van der Waals surface area (Å²) in [5, 5.41) is 2.83. The number of carbonyl (C=O) groups is 2. The Morgan fingerprint density at radius 1 is 1.12 bits per heavy atom. The first-order valence-corrected chi connectivity index (χ1v) is 8.76. The lowest BCUT2D eigenvalue weighted by Gasteiger charge is -2.18. The SMILES string of the molecule is CC(C)C(=O)Nc1ccc(C(=O)N2CCc3cc(Br)ccc32)cc1.